The fourth-order valence-corrected chi connectivity index (χ4v) is 4.67. The summed E-state index contributed by atoms with van der Waals surface area (Å²) >= 11 is 0. The number of aromatic nitrogens is 2. The molecule has 2 heterocycles. The van der Waals surface area contributed by atoms with Crippen molar-refractivity contribution in [3.63, 3.8) is 0 Å². The number of non-ortho nitro benzene ring substituents is 1. The lowest BCUT2D eigenvalue weighted by Gasteiger charge is -2.15. The number of anilines is 2. The predicted octanol–water partition coefficient (Wildman–Crippen LogP) is 5.70. The number of benzene rings is 3. The van der Waals surface area contributed by atoms with Crippen molar-refractivity contribution < 1.29 is 19.6 Å². The zero-order valence-corrected chi connectivity index (χ0v) is 22.4. The number of pyridine rings is 1. The number of carbonyl (C=O) groups excluding carboxylic acids is 1. The number of para-hydroxylation sites is 1. The number of hydrogen-bond acceptors (Lipinski definition) is 6. The first-order valence-electron chi connectivity index (χ1n) is 12.9. The SMILES string of the molecule is Cc1cccc(C)c1Nc1c(-c2ccc([N+](=O)[O-])cc2)nc2cc(C(=O)NC(Cc3ccccc3)C(=O)O)ccn12. The van der Waals surface area contributed by atoms with Gasteiger partial charge in [0.1, 0.15) is 23.2 Å². The highest BCUT2D eigenvalue weighted by Crippen LogP contribution is 2.34. The Morgan fingerprint density at radius 3 is 2.29 bits per heavy atom. The number of aliphatic carboxylic acids is 1. The number of carboxylic acids is 1. The van der Waals surface area contributed by atoms with Crippen LogP contribution in [0.25, 0.3) is 16.9 Å². The van der Waals surface area contributed by atoms with Crippen molar-refractivity contribution >= 4 is 34.7 Å². The Bertz CT molecular complexity index is 1740. The summed E-state index contributed by atoms with van der Waals surface area (Å²) in [6.07, 6.45) is 1.83. The lowest BCUT2D eigenvalue weighted by atomic mass is 10.1. The van der Waals surface area contributed by atoms with Gasteiger partial charge in [-0.15, -0.1) is 0 Å². The summed E-state index contributed by atoms with van der Waals surface area (Å²) in [7, 11) is 0. The van der Waals surface area contributed by atoms with Gasteiger partial charge in [0.2, 0.25) is 0 Å². The van der Waals surface area contributed by atoms with E-state index in [1.165, 1.54) is 12.1 Å². The molecule has 0 fully saturated rings. The average Bonchev–Trinajstić information content (AvgIpc) is 3.32. The molecule has 10 nitrogen and oxygen atoms in total. The molecular formula is C31H27N5O5. The van der Waals surface area contributed by atoms with Crippen LogP contribution >= 0.6 is 0 Å². The van der Waals surface area contributed by atoms with Crippen LogP contribution in [0.2, 0.25) is 0 Å². The van der Waals surface area contributed by atoms with E-state index in [9.17, 15) is 24.8 Å². The van der Waals surface area contributed by atoms with E-state index in [0.29, 0.717) is 22.7 Å². The molecule has 206 valence electrons. The Morgan fingerprint density at radius 2 is 1.66 bits per heavy atom. The summed E-state index contributed by atoms with van der Waals surface area (Å²) in [4.78, 5) is 40.6. The van der Waals surface area contributed by atoms with Crippen LogP contribution in [0.1, 0.15) is 27.0 Å². The van der Waals surface area contributed by atoms with Crippen LogP contribution < -0.4 is 10.6 Å². The molecule has 1 unspecified atom stereocenters. The Labute approximate surface area is 235 Å². The van der Waals surface area contributed by atoms with Crippen molar-refractivity contribution in [2.24, 2.45) is 0 Å². The van der Waals surface area contributed by atoms with Crippen LogP contribution in [0, 0.1) is 24.0 Å². The second-order valence-corrected chi connectivity index (χ2v) is 9.70. The van der Waals surface area contributed by atoms with Crippen LogP contribution in [0.4, 0.5) is 17.2 Å². The van der Waals surface area contributed by atoms with E-state index < -0.39 is 22.8 Å². The van der Waals surface area contributed by atoms with Gasteiger partial charge in [0.25, 0.3) is 11.6 Å². The summed E-state index contributed by atoms with van der Waals surface area (Å²) in [5.41, 5.74) is 5.55. The Kier molecular flexibility index (Phi) is 7.47. The van der Waals surface area contributed by atoms with E-state index in [2.05, 4.69) is 10.6 Å². The number of aryl methyl sites for hydroxylation is 2. The Hall–Kier alpha value is -5.51. The van der Waals surface area contributed by atoms with Gasteiger partial charge >= 0.3 is 5.97 Å². The van der Waals surface area contributed by atoms with Crippen LogP contribution in [-0.2, 0) is 11.2 Å². The molecule has 0 saturated heterocycles. The van der Waals surface area contributed by atoms with Gasteiger partial charge in [-0.2, -0.15) is 0 Å². The predicted molar refractivity (Wildman–Crippen MR) is 156 cm³/mol. The third kappa shape index (κ3) is 5.76. The van der Waals surface area contributed by atoms with Crippen molar-refractivity contribution in [1.82, 2.24) is 14.7 Å². The molecule has 2 aromatic heterocycles. The number of carbonyl (C=O) groups is 2. The standard InChI is InChI=1S/C31H27N5O5/c1-19-7-6-8-20(2)27(19)34-29-28(22-11-13-24(14-12-22)36(40)41)33-26-18-23(15-16-35(26)29)30(37)32-25(31(38)39)17-21-9-4-3-5-10-21/h3-16,18,25,34H,17H2,1-2H3,(H,32,37)(H,38,39). The number of hydrogen-bond donors (Lipinski definition) is 3. The highest BCUT2D eigenvalue weighted by molar-refractivity contribution is 5.97. The maximum absolute atomic E-state index is 13.1. The minimum absolute atomic E-state index is 0.0378. The van der Waals surface area contributed by atoms with Gasteiger partial charge in [-0.25, -0.2) is 9.78 Å². The number of rotatable bonds is 9. The monoisotopic (exact) mass is 549 g/mol. The van der Waals surface area contributed by atoms with E-state index in [4.69, 9.17) is 4.98 Å². The third-order valence-corrected chi connectivity index (χ3v) is 6.85. The molecule has 1 amide bonds. The minimum Gasteiger partial charge on any atom is -0.480 e. The second kappa shape index (κ2) is 11.3. The van der Waals surface area contributed by atoms with Gasteiger partial charge in [0.05, 0.1) is 4.92 Å². The lowest BCUT2D eigenvalue weighted by molar-refractivity contribution is -0.384. The van der Waals surface area contributed by atoms with E-state index in [1.54, 1.807) is 34.9 Å². The molecule has 5 aromatic rings. The van der Waals surface area contributed by atoms with Crippen molar-refractivity contribution in [3.8, 4) is 11.3 Å². The largest absolute Gasteiger partial charge is 0.480 e. The van der Waals surface area contributed by atoms with Gasteiger partial charge < -0.3 is 15.7 Å². The first-order chi connectivity index (χ1) is 19.7. The van der Waals surface area contributed by atoms with Crippen LogP contribution in [-0.4, -0.2) is 37.3 Å². The molecule has 3 aromatic carbocycles. The Balaban J connectivity index is 1.53. The van der Waals surface area contributed by atoms with Crippen LogP contribution in [0.15, 0.2) is 91.1 Å². The van der Waals surface area contributed by atoms with E-state index in [0.717, 1.165) is 22.4 Å². The van der Waals surface area contributed by atoms with E-state index in [-0.39, 0.29) is 17.7 Å². The van der Waals surface area contributed by atoms with Crippen LogP contribution in [0.5, 0.6) is 0 Å². The smallest absolute Gasteiger partial charge is 0.326 e. The first kappa shape index (κ1) is 27.1. The van der Waals surface area contributed by atoms with Gasteiger partial charge in [-0.1, -0.05) is 48.5 Å². The van der Waals surface area contributed by atoms with Crippen molar-refractivity contribution in [3.05, 3.63) is 123 Å². The Morgan fingerprint density at radius 1 is 0.976 bits per heavy atom. The van der Waals surface area contributed by atoms with Gasteiger partial charge in [0.15, 0.2) is 0 Å². The molecule has 0 aliphatic heterocycles. The molecule has 41 heavy (non-hydrogen) atoms. The van der Waals surface area contributed by atoms with Gasteiger partial charge in [0, 0.05) is 41.6 Å². The highest BCUT2D eigenvalue weighted by Gasteiger charge is 2.23. The van der Waals surface area contributed by atoms with Gasteiger partial charge in [-0.3, -0.25) is 19.3 Å². The number of carboxylic acid groups (broad SMARTS) is 1. The fraction of sp³-hybridized carbons (Fsp3) is 0.129. The maximum atomic E-state index is 13.1. The third-order valence-electron chi connectivity index (χ3n) is 6.85. The molecular weight excluding hydrogens is 522 g/mol. The van der Waals surface area contributed by atoms with Crippen molar-refractivity contribution in [2.75, 3.05) is 5.32 Å². The van der Waals surface area contributed by atoms with Gasteiger partial charge in [-0.05, 0) is 54.8 Å². The summed E-state index contributed by atoms with van der Waals surface area (Å²) in [5.74, 6) is -1.06. The average molecular weight is 550 g/mol. The first-order valence-corrected chi connectivity index (χ1v) is 12.9. The van der Waals surface area contributed by atoms with Crippen molar-refractivity contribution in [1.29, 1.82) is 0 Å². The normalized spacial score (nSPS) is 11.7. The molecule has 0 radical (unpaired) electrons. The molecule has 10 heteroatoms. The number of nitrogens with one attached hydrogen (secondary N) is 2. The number of amides is 1. The zero-order chi connectivity index (χ0) is 29.1. The molecule has 3 N–H and O–H groups in total. The molecule has 0 aliphatic carbocycles. The fourth-order valence-electron chi connectivity index (χ4n) is 4.67. The number of fused-ring (bicyclic) bond motifs is 1. The van der Waals surface area contributed by atoms with Crippen LogP contribution in [0.3, 0.4) is 0 Å². The van der Waals surface area contributed by atoms with E-state index >= 15 is 0 Å². The summed E-state index contributed by atoms with van der Waals surface area (Å²) in [6.45, 7) is 3.97. The molecule has 0 bridgehead atoms. The molecule has 1 atom stereocenters. The van der Waals surface area contributed by atoms with Crippen molar-refractivity contribution in [2.45, 2.75) is 26.3 Å². The summed E-state index contributed by atoms with van der Waals surface area (Å²) < 4.78 is 1.79. The summed E-state index contributed by atoms with van der Waals surface area (Å²) in [5, 5.41) is 27.0. The lowest BCUT2D eigenvalue weighted by Crippen LogP contribution is -2.42. The molecule has 0 aliphatic rings. The molecule has 0 spiro atoms. The molecule has 5 rings (SSSR count). The highest BCUT2D eigenvalue weighted by atomic mass is 16.6. The number of nitrogens with zero attached hydrogens (tertiary/aromatic N) is 3. The second-order valence-electron chi connectivity index (χ2n) is 9.70. The zero-order valence-electron chi connectivity index (χ0n) is 22.4. The minimum atomic E-state index is -1.13. The number of nitro benzene ring substituents is 1. The maximum Gasteiger partial charge on any atom is 0.326 e. The number of imidazole rings is 1. The quantitative estimate of drug-likeness (QED) is 0.158. The molecule has 0 saturated carbocycles. The van der Waals surface area contributed by atoms with E-state index in [1.807, 2.05) is 62.4 Å². The topological polar surface area (TPSA) is 139 Å². The number of nitro groups is 1. The summed E-state index contributed by atoms with van der Waals surface area (Å²) in [6, 6.07) is 23.2.